The van der Waals surface area contributed by atoms with Gasteiger partial charge in [0.25, 0.3) is 0 Å². The predicted molar refractivity (Wildman–Crippen MR) is 81.6 cm³/mol. The van der Waals surface area contributed by atoms with E-state index in [1.165, 1.54) is 23.3 Å². The monoisotopic (exact) mass is 292 g/mol. The molecule has 2 rings (SSSR count). The number of aliphatic hydroxyl groups excluding tert-OH is 1. The molecule has 21 heavy (non-hydrogen) atoms. The van der Waals surface area contributed by atoms with Crippen molar-refractivity contribution in [1.29, 1.82) is 0 Å². The summed E-state index contributed by atoms with van der Waals surface area (Å²) < 4.78 is 5.34. The Kier molecular flexibility index (Phi) is 4.52. The lowest BCUT2D eigenvalue weighted by atomic mass is 10.1. The smallest absolute Gasteiger partial charge is 0.415 e. The molecule has 1 aliphatic carbocycles. The van der Waals surface area contributed by atoms with Crippen LogP contribution in [0.15, 0.2) is 12.1 Å². The fraction of sp³-hybridized carbons (Fsp3) is 0.625. The molecule has 1 aromatic rings. The first kappa shape index (κ1) is 15.8. The Hall–Kier alpha value is -1.62. The zero-order valence-electron chi connectivity index (χ0n) is 13.2. The Labute approximate surface area is 125 Å². The van der Waals surface area contributed by atoms with Crippen LogP contribution in [0.5, 0.6) is 0 Å². The molecule has 0 unspecified atom stereocenters. The molecule has 1 saturated carbocycles. The number of aromatic nitrogens is 1. The molecule has 0 radical (unpaired) electrons. The van der Waals surface area contributed by atoms with Crippen molar-refractivity contribution in [3.63, 3.8) is 0 Å². The Morgan fingerprint density at radius 1 is 1.43 bits per heavy atom. The maximum atomic E-state index is 12.1. The van der Waals surface area contributed by atoms with Gasteiger partial charge in [-0.1, -0.05) is 6.07 Å². The van der Waals surface area contributed by atoms with Gasteiger partial charge in [0.1, 0.15) is 11.4 Å². The molecule has 1 fully saturated rings. The molecule has 0 spiro atoms. The highest BCUT2D eigenvalue weighted by molar-refractivity contribution is 5.86. The van der Waals surface area contributed by atoms with Gasteiger partial charge < -0.3 is 9.84 Å². The first-order valence-electron chi connectivity index (χ1n) is 7.39. The fourth-order valence-electron chi connectivity index (χ4n) is 2.18. The van der Waals surface area contributed by atoms with Crippen LogP contribution >= 0.6 is 0 Å². The summed E-state index contributed by atoms with van der Waals surface area (Å²) in [5.74, 6) is 1.12. The normalized spacial score (nSPS) is 14.9. The van der Waals surface area contributed by atoms with Crippen molar-refractivity contribution in [3.05, 3.63) is 23.4 Å². The highest BCUT2D eigenvalue weighted by atomic mass is 16.6. The standard InChI is InChI=1S/C16H24N2O3/c1-16(2,3)21-15(20)18(4)14-8-7-12(11-5-6-11)13(17-14)9-10-19/h7-8,11,19H,5-6,9-10H2,1-4H3. The van der Waals surface area contributed by atoms with Gasteiger partial charge in [0.15, 0.2) is 0 Å². The van der Waals surface area contributed by atoms with E-state index < -0.39 is 11.7 Å². The van der Waals surface area contributed by atoms with E-state index in [1.54, 1.807) is 7.05 Å². The molecule has 0 saturated heterocycles. The lowest BCUT2D eigenvalue weighted by Gasteiger charge is -2.24. The lowest BCUT2D eigenvalue weighted by Crippen LogP contribution is -2.34. The minimum absolute atomic E-state index is 0.0618. The Balaban J connectivity index is 2.19. The molecule has 0 atom stereocenters. The summed E-state index contributed by atoms with van der Waals surface area (Å²) in [6.07, 6.45) is 2.45. The van der Waals surface area contributed by atoms with Crippen LogP contribution in [0, 0.1) is 0 Å². The zero-order valence-corrected chi connectivity index (χ0v) is 13.2. The summed E-state index contributed by atoms with van der Waals surface area (Å²) in [7, 11) is 1.65. The van der Waals surface area contributed by atoms with Crippen molar-refractivity contribution in [2.24, 2.45) is 0 Å². The topological polar surface area (TPSA) is 62.7 Å². The lowest BCUT2D eigenvalue weighted by molar-refractivity contribution is 0.0588. The highest BCUT2D eigenvalue weighted by Crippen LogP contribution is 2.41. The third-order valence-electron chi connectivity index (χ3n) is 3.37. The fourth-order valence-corrected chi connectivity index (χ4v) is 2.18. The summed E-state index contributed by atoms with van der Waals surface area (Å²) in [5, 5.41) is 9.19. The second-order valence-electron chi connectivity index (χ2n) is 6.49. The summed E-state index contributed by atoms with van der Waals surface area (Å²) in [5.41, 5.74) is 1.55. The van der Waals surface area contributed by atoms with Crippen LogP contribution < -0.4 is 4.90 Å². The maximum Gasteiger partial charge on any atom is 0.415 e. The van der Waals surface area contributed by atoms with Crippen molar-refractivity contribution in [2.75, 3.05) is 18.6 Å². The summed E-state index contributed by atoms with van der Waals surface area (Å²) in [6.45, 7) is 5.56. The van der Waals surface area contributed by atoms with Crippen molar-refractivity contribution in [1.82, 2.24) is 4.98 Å². The van der Waals surface area contributed by atoms with Crippen LogP contribution in [0.1, 0.15) is 50.8 Å². The Morgan fingerprint density at radius 3 is 2.62 bits per heavy atom. The number of hydrogen-bond donors (Lipinski definition) is 1. The minimum Gasteiger partial charge on any atom is -0.443 e. The first-order valence-corrected chi connectivity index (χ1v) is 7.39. The zero-order chi connectivity index (χ0) is 15.6. The van der Waals surface area contributed by atoms with Gasteiger partial charge >= 0.3 is 6.09 Å². The molecule has 0 aliphatic heterocycles. The summed E-state index contributed by atoms with van der Waals surface area (Å²) in [6, 6.07) is 3.87. The van der Waals surface area contributed by atoms with Gasteiger partial charge in [0.05, 0.1) is 0 Å². The van der Waals surface area contributed by atoms with Crippen LogP contribution in [0.4, 0.5) is 10.6 Å². The number of carbonyl (C=O) groups is 1. The van der Waals surface area contributed by atoms with E-state index in [9.17, 15) is 9.90 Å². The molecule has 1 amide bonds. The van der Waals surface area contributed by atoms with Crippen molar-refractivity contribution >= 4 is 11.9 Å². The number of hydrogen-bond acceptors (Lipinski definition) is 4. The molecule has 1 aliphatic rings. The maximum absolute atomic E-state index is 12.1. The molecule has 0 bridgehead atoms. The van der Waals surface area contributed by atoms with Gasteiger partial charge in [-0.3, -0.25) is 4.90 Å². The molecule has 1 aromatic heterocycles. The van der Waals surface area contributed by atoms with Crippen LogP contribution in [0.3, 0.4) is 0 Å². The van der Waals surface area contributed by atoms with E-state index in [2.05, 4.69) is 4.98 Å². The summed E-state index contributed by atoms with van der Waals surface area (Å²) >= 11 is 0. The molecule has 0 aromatic carbocycles. The molecular formula is C16H24N2O3. The van der Waals surface area contributed by atoms with Gasteiger partial charge in [-0.2, -0.15) is 0 Å². The van der Waals surface area contributed by atoms with E-state index >= 15 is 0 Å². The highest BCUT2D eigenvalue weighted by Gasteiger charge is 2.28. The average molecular weight is 292 g/mol. The van der Waals surface area contributed by atoms with Gasteiger partial charge in [-0.05, 0) is 51.2 Å². The third-order valence-corrected chi connectivity index (χ3v) is 3.37. The van der Waals surface area contributed by atoms with Crippen molar-refractivity contribution < 1.29 is 14.6 Å². The van der Waals surface area contributed by atoms with E-state index in [4.69, 9.17) is 4.74 Å². The van der Waals surface area contributed by atoms with E-state index in [1.807, 2.05) is 32.9 Å². The molecule has 1 heterocycles. The Bertz CT molecular complexity index is 519. The molecule has 5 nitrogen and oxygen atoms in total. The van der Waals surface area contributed by atoms with Crippen molar-refractivity contribution in [2.45, 2.75) is 51.6 Å². The quantitative estimate of drug-likeness (QED) is 0.927. The van der Waals surface area contributed by atoms with Gasteiger partial charge in [-0.15, -0.1) is 0 Å². The number of carbonyl (C=O) groups excluding carboxylic acids is 1. The number of aliphatic hydroxyl groups is 1. The van der Waals surface area contributed by atoms with Crippen LogP contribution in [-0.2, 0) is 11.2 Å². The molecule has 1 N–H and O–H groups in total. The molecule has 5 heteroatoms. The van der Waals surface area contributed by atoms with Crippen LogP contribution in [0.25, 0.3) is 0 Å². The first-order chi connectivity index (χ1) is 9.81. The largest absolute Gasteiger partial charge is 0.443 e. The number of amides is 1. The number of nitrogens with zero attached hydrogens (tertiary/aromatic N) is 2. The number of anilines is 1. The van der Waals surface area contributed by atoms with Crippen LogP contribution in [0.2, 0.25) is 0 Å². The Morgan fingerprint density at radius 2 is 2.10 bits per heavy atom. The SMILES string of the molecule is CN(C(=O)OC(C)(C)C)c1ccc(C2CC2)c(CCO)n1. The minimum atomic E-state index is -0.534. The van der Waals surface area contributed by atoms with E-state index in [-0.39, 0.29) is 6.61 Å². The van der Waals surface area contributed by atoms with E-state index in [0.717, 1.165) is 5.69 Å². The average Bonchev–Trinajstić information content (AvgIpc) is 3.20. The molecule has 116 valence electrons. The van der Waals surface area contributed by atoms with Gasteiger partial charge in [0, 0.05) is 25.8 Å². The second-order valence-corrected chi connectivity index (χ2v) is 6.49. The number of pyridine rings is 1. The van der Waals surface area contributed by atoms with Crippen LogP contribution in [-0.4, -0.2) is 35.4 Å². The van der Waals surface area contributed by atoms with Gasteiger partial charge in [-0.25, -0.2) is 9.78 Å². The van der Waals surface area contributed by atoms with Crippen molar-refractivity contribution in [3.8, 4) is 0 Å². The third kappa shape index (κ3) is 4.17. The summed E-state index contributed by atoms with van der Waals surface area (Å²) in [4.78, 5) is 18.0. The number of ether oxygens (including phenoxy) is 1. The molecular weight excluding hydrogens is 268 g/mol. The second kappa shape index (κ2) is 6.02. The van der Waals surface area contributed by atoms with E-state index in [0.29, 0.717) is 18.2 Å². The van der Waals surface area contributed by atoms with Gasteiger partial charge in [0.2, 0.25) is 0 Å². The number of rotatable bonds is 4. The predicted octanol–water partition coefficient (Wildman–Crippen LogP) is 2.87.